The molecule has 3 N–H and O–H groups in total. The van der Waals surface area contributed by atoms with Crippen LogP contribution in [0, 0.1) is 0 Å². The molecule has 0 saturated carbocycles. The molecule has 0 atom stereocenters. The largest absolute Gasteiger partial charge is 0.383 e. The van der Waals surface area contributed by atoms with Gasteiger partial charge in [-0.1, -0.05) is 12.1 Å². The second-order valence-corrected chi connectivity index (χ2v) is 6.47. The van der Waals surface area contributed by atoms with E-state index in [1.54, 1.807) is 6.07 Å². The summed E-state index contributed by atoms with van der Waals surface area (Å²) >= 11 is 0. The highest BCUT2D eigenvalue weighted by Crippen LogP contribution is 2.36. The van der Waals surface area contributed by atoms with Crippen molar-refractivity contribution in [1.82, 2.24) is 10.2 Å². The Bertz CT molecular complexity index is 740. The van der Waals surface area contributed by atoms with E-state index < -0.39 is 10.0 Å². The van der Waals surface area contributed by atoms with Gasteiger partial charge in [0.1, 0.15) is 10.7 Å². The van der Waals surface area contributed by atoms with Crippen molar-refractivity contribution in [2.75, 3.05) is 35.1 Å². The summed E-state index contributed by atoms with van der Waals surface area (Å²) in [5, 5.41) is 6.15. The van der Waals surface area contributed by atoms with Crippen LogP contribution in [0.5, 0.6) is 0 Å². The molecule has 0 unspecified atom stereocenters. The van der Waals surface area contributed by atoms with Gasteiger partial charge in [0.25, 0.3) is 10.0 Å². The molecule has 1 aromatic heterocycles. The van der Waals surface area contributed by atoms with Crippen molar-refractivity contribution in [2.45, 2.75) is 4.90 Å². The van der Waals surface area contributed by atoms with Crippen molar-refractivity contribution < 1.29 is 8.42 Å². The number of aromatic nitrogens is 2. The van der Waals surface area contributed by atoms with Crippen LogP contribution < -0.4 is 14.9 Å². The number of para-hydroxylation sites is 2. The highest BCUT2D eigenvalue weighted by Gasteiger charge is 2.32. The Labute approximate surface area is 117 Å². The number of rotatable bonds is 2. The molecule has 106 valence electrons. The number of hydrogen-bond acceptors (Lipinski definition) is 5. The Balaban J connectivity index is 2.13. The van der Waals surface area contributed by atoms with Crippen LogP contribution in [0.15, 0.2) is 35.4 Å². The average Bonchev–Trinajstić information content (AvgIpc) is 2.86. The Morgan fingerprint density at radius 2 is 1.95 bits per heavy atom. The standard InChI is InChI=1S/C12H15N5O2S/c1-16-6-7-17(10-5-3-2-4-9(10)16)20(18,19)11-8-14-15-12(11)13/h2-5,8H,6-7H2,1H3,(H3,13,14,15). The van der Waals surface area contributed by atoms with Gasteiger partial charge >= 0.3 is 0 Å². The molecule has 0 fully saturated rings. The topological polar surface area (TPSA) is 95.3 Å². The van der Waals surface area contributed by atoms with E-state index in [9.17, 15) is 8.42 Å². The van der Waals surface area contributed by atoms with Gasteiger partial charge in [-0.15, -0.1) is 0 Å². The number of nitrogens with one attached hydrogen (secondary N) is 1. The fraction of sp³-hybridized carbons (Fsp3) is 0.250. The number of nitrogens with zero attached hydrogens (tertiary/aromatic N) is 3. The smallest absolute Gasteiger partial charge is 0.269 e. The summed E-state index contributed by atoms with van der Waals surface area (Å²) in [5.74, 6) is 0.0569. The molecule has 7 nitrogen and oxygen atoms in total. The van der Waals surface area contributed by atoms with Crippen molar-refractivity contribution in [2.24, 2.45) is 0 Å². The number of sulfonamides is 1. The third-order valence-electron chi connectivity index (χ3n) is 3.40. The zero-order valence-electron chi connectivity index (χ0n) is 10.9. The fourth-order valence-corrected chi connectivity index (χ4v) is 3.82. The highest BCUT2D eigenvalue weighted by molar-refractivity contribution is 7.93. The number of hydrogen-bond donors (Lipinski definition) is 2. The van der Waals surface area contributed by atoms with Crippen LogP contribution in [0.4, 0.5) is 17.2 Å². The second kappa shape index (κ2) is 4.41. The summed E-state index contributed by atoms with van der Waals surface area (Å²) in [6.45, 7) is 0.995. The summed E-state index contributed by atoms with van der Waals surface area (Å²) < 4.78 is 26.8. The lowest BCUT2D eigenvalue weighted by Crippen LogP contribution is -2.42. The maximum absolute atomic E-state index is 12.7. The second-order valence-electron chi connectivity index (χ2n) is 4.64. The average molecular weight is 293 g/mol. The minimum atomic E-state index is -3.70. The molecule has 0 saturated heterocycles. The number of aromatic amines is 1. The van der Waals surface area contributed by atoms with Crippen molar-refractivity contribution in [3.05, 3.63) is 30.5 Å². The molecule has 1 aliphatic heterocycles. The molecule has 2 heterocycles. The minimum Gasteiger partial charge on any atom is -0.383 e. The van der Waals surface area contributed by atoms with E-state index in [1.165, 1.54) is 10.5 Å². The molecule has 0 amide bonds. The predicted octanol–water partition coefficient (Wildman–Crippen LogP) is 0.637. The van der Waals surface area contributed by atoms with Gasteiger partial charge in [0.05, 0.1) is 24.1 Å². The maximum atomic E-state index is 12.7. The zero-order valence-corrected chi connectivity index (χ0v) is 11.8. The normalized spacial score (nSPS) is 15.2. The number of benzene rings is 1. The number of anilines is 3. The van der Waals surface area contributed by atoms with Crippen LogP contribution in [0.25, 0.3) is 0 Å². The van der Waals surface area contributed by atoms with Gasteiger partial charge in [0.15, 0.2) is 0 Å². The van der Waals surface area contributed by atoms with E-state index in [0.29, 0.717) is 18.8 Å². The molecule has 20 heavy (non-hydrogen) atoms. The van der Waals surface area contributed by atoms with Gasteiger partial charge in [-0.05, 0) is 12.1 Å². The van der Waals surface area contributed by atoms with Crippen molar-refractivity contribution >= 4 is 27.2 Å². The van der Waals surface area contributed by atoms with Crippen molar-refractivity contribution in [1.29, 1.82) is 0 Å². The summed E-state index contributed by atoms with van der Waals surface area (Å²) in [6.07, 6.45) is 1.24. The molecule has 0 radical (unpaired) electrons. The molecule has 2 aromatic rings. The van der Waals surface area contributed by atoms with E-state index in [4.69, 9.17) is 5.73 Å². The summed E-state index contributed by atoms with van der Waals surface area (Å²) in [4.78, 5) is 2.04. The molecule has 0 spiro atoms. The molecule has 1 aliphatic rings. The molecule has 1 aromatic carbocycles. The van der Waals surface area contributed by atoms with Crippen LogP contribution in [0.2, 0.25) is 0 Å². The number of fused-ring (bicyclic) bond motifs is 1. The molecule has 8 heteroatoms. The molecular weight excluding hydrogens is 278 g/mol. The summed E-state index contributed by atoms with van der Waals surface area (Å²) in [7, 11) is -1.76. The third-order valence-corrected chi connectivity index (χ3v) is 5.24. The Morgan fingerprint density at radius 3 is 2.60 bits per heavy atom. The Hall–Kier alpha value is -2.22. The third kappa shape index (κ3) is 1.80. The number of nitrogen functional groups attached to an aromatic ring is 1. The lowest BCUT2D eigenvalue weighted by molar-refractivity contribution is 0.589. The summed E-state index contributed by atoms with van der Waals surface area (Å²) in [5.41, 5.74) is 7.18. The van der Waals surface area contributed by atoms with E-state index in [1.807, 2.05) is 30.1 Å². The first kappa shape index (κ1) is 12.8. The van der Waals surface area contributed by atoms with Crippen LogP contribution >= 0.6 is 0 Å². The minimum absolute atomic E-state index is 0.0110. The first-order chi connectivity index (χ1) is 9.51. The van der Waals surface area contributed by atoms with Crippen LogP contribution in [0.3, 0.4) is 0 Å². The molecular formula is C12H15N5O2S. The molecule has 3 rings (SSSR count). The number of likely N-dealkylation sites (N-methyl/N-ethyl adjacent to an activating group) is 1. The Kier molecular flexibility index (Phi) is 2.82. The van der Waals surface area contributed by atoms with Crippen LogP contribution in [-0.2, 0) is 10.0 Å². The van der Waals surface area contributed by atoms with Gasteiger partial charge in [0.2, 0.25) is 0 Å². The fourth-order valence-electron chi connectivity index (χ4n) is 2.34. The van der Waals surface area contributed by atoms with Gasteiger partial charge < -0.3 is 10.6 Å². The van der Waals surface area contributed by atoms with E-state index >= 15 is 0 Å². The van der Waals surface area contributed by atoms with Gasteiger partial charge in [0, 0.05) is 13.6 Å². The quantitative estimate of drug-likeness (QED) is 0.847. The SMILES string of the molecule is CN1CCN(S(=O)(=O)c2cn[nH]c2N)c2ccccc21. The Morgan fingerprint density at radius 1 is 1.25 bits per heavy atom. The van der Waals surface area contributed by atoms with Gasteiger partial charge in [-0.25, -0.2) is 8.42 Å². The number of nitrogens with two attached hydrogens (primary N) is 1. The van der Waals surface area contributed by atoms with E-state index in [2.05, 4.69) is 10.2 Å². The van der Waals surface area contributed by atoms with E-state index in [-0.39, 0.29) is 10.7 Å². The number of H-pyrrole nitrogens is 1. The van der Waals surface area contributed by atoms with E-state index in [0.717, 1.165) is 5.69 Å². The van der Waals surface area contributed by atoms with Crippen LogP contribution in [0.1, 0.15) is 0 Å². The first-order valence-corrected chi connectivity index (χ1v) is 7.57. The van der Waals surface area contributed by atoms with Crippen molar-refractivity contribution in [3.8, 4) is 0 Å². The summed E-state index contributed by atoms with van der Waals surface area (Å²) in [6, 6.07) is 7.39. The zero-order chi connectivity index (χ0) is 14.3. The predicted molar refractivity (Wildman–Crippen MR) is 77.2 cm³/mol. The first-order valence-electron chi connectivity index (χ1n) is 6.13. The monoisotopic (exact) mass is 293 g/mol. The van der Waals surface area contributed by atoms with Crippen LogP contribution in [-0.4, -0.2) is 38.8 Å². The van der Waals surface area contributed by atoms with Crippen molar-refractivity contribution in [3.63, 3.8) is 0 Å². The molecule has 0 aliphatic carbocycles. The lowest BCUT2D eigenvalue weighted by Gasteiger charge is -2.35. The van der Waals surface area contributed by atoms with Gasteiger partial charge in [-0.3, -0.25) is 9.40 Å². The molecule has 0 bridgehead atoms. The lowest BCUT2D eigenvalue weighted by atomic mass is 10.2. The maximum Gasteiger partial charge on any atom is 0.269 e. The van der Waals surface area contributed by atoms with Gasteiger partial charge in [-0.2, -0.15) is 5.10 Å². The highest BCUT2D eigenvalue weighted by atomic mass is 32.2.